The van der Waals surface area contributed by atoms with Crippen molar-refractivity contribution in [1.82, 2.24) is 9.97 Å². The third kappa shape index (κ3) is 7.85. The van der Waals surface area contributed by atoms with Gasteiger partial charge >= 0.3 is 12.1 Å². The zero-order valence-corrected chi connectivity index (χ0v) is 25.9. The summed E-state index contributed by atoms with van der Waals surface area (Å²) in [4.78, 5) is 21.3. The zero-order chi connectivity index (χ0) is 32.3. The number of anilines is 1. The van der Waals surface area contributed by atoms with Crippen molar-refractivity contribution in [3.05, 3.63) is 71.5 Å². The maximum atomic E-state index is 12.9. The van der Waals surface area contributed by atoms with E-state index >= 15 is 0 Å². The number of benzene rings is 2. The first kappa shape index (κ1) is 31.9. The second-order valence-corrected chi connectivity index (χ2v) is 12.7. The summed E-state index contributed by atoms with van der Waals surface area (Å²) in [5.41, 5.74) is 1.30. The molecule has 2 heterocycles. The monoisotopic (exact) mass is 639 g/mol. The van der Waals surface area contributed by atoms with Crippen molar-refractivity contribution in [3.8, 4) is 17.2 Å². The summed E-state index contributed by atoms with van der Waals surface area (Å²) in [6, 6.07) is 13.9. The fraction of sp³-hybridized carbons (Fsp3) is 0.514. The van der Waals surface area contributed by atoms with Gasteiger partial charge in [-0.25, -0.2) is 9.97 Å². The second kappa shape index (κ2) is 13.8. The lowest BCUT2D eigenvalue weighted by Crippen LogP contribution is -2.34. The molecule has 3 fully saturated rings. The molecule has 3 aliphatic rings. The van der Waals surface area contributed by atoms with Crippen molar-refractivity contribution in [2.45, 2.75) is 88.0 Å². The van der Waals surface area contributed by atoms with Crippen LogP contribution in [-0.2, 0) is 11.0 Å². The number of hydrogen-bond acceptors (Lipinski definition) is 7. The van der Waals surface area contributed by atoms with Crippen LogP contribution in [0, 0.1) is 5.92 Å². The molecular weight excluding hydrogens is 599 g/mol. The smallest absolute Gasteiger partial charge is 0.419 e. The topological polar surface area (TPSA) is 94.0 Å². The first-order valence-corrected chi connectivity index (χ1v) is 16.1. The predicted molar refractivity (Wildman–Crippen MR) is 166 cm³/mol. The van der Waals surface area contributed by atoms with Crippen LogP contribution in [0.3, 0.4) is 0 Å². The van der Waals surface area contributed by atoms with E-state index in [0.717, 1.165) is 92.1 Å². The Bertz CT molecular complexity index is 1480. The highest BCUT2D eigenvalue weighted by atomic mass is 19.4. The lowest BCUT2D eigenvalue weighted by atomic mass is 9.88. The van der Waals surface area contributed by atoms with Gasteiger partial charge in [0.1, 0.15) is 17.2 Å². The van der Waals surface area contributed by atoms with Gasteiger partial charge in [0, 0.05) is 31.5 Å². The van der Waals surface area contributed by atoms with Crippen LogP contribution in [0.4, 0.5) is 19.1 Å². The molecule has 0 radical (unpaired) electrons. The van der Waals surface area contributed by atoms with Crippen LogP contribution in [0.5, 0.6) is 17.2 Å². The number of rotatable bonds is 11. The summed E-state index contributed by atoms with van der Waals surface area (Å²) in [6.07, 6.45) is 4.60. The van der Waals surface area contributed by atoms with E-state index in [9.17, 15) is 23.1 Å². The van der Waals surface area contributed by atoms with Crippen LogP contribution < -0.4 is 19.1 Å². The Hall–Kier alpha value is -4.02. The molecule has 6 rings (SSSR count). The van der Waals surface area contributed by atoms with Crippen LogP contribution in [0.1, 0.15) is 86.3 Å². The lowest BCUT2D eigenvalue weighted by molar-refractivity contribution is -0.138. The van der Waals surface area contributed by atoms with E-state index in [1.165, 1.54) is 0 Å². The third-order valence-corrected chi connectivity index (χ3v) is 9.49. The second-order valence-electron chi connectivity index (χ2n) is 12.7. The van der Waals surface area contributed by atoms with Crippen molar-refractivity contribution in [3.63, 3.8) is 0 Å². The summed E-state index contributed by atoms with van der Waals surface area (Å²) in [7, 11) is 1.63. The third-order valence-electron chi connectivity index (χ3n) is 9.49. The van der Waals surface area contributed by atoms with Gasteiger partial charge in [-0.15, -0.1) is 0 Å². The van der Waals surface area contributed by atoms with Gasteiger partial charge in [-0.05, 0) is 98.4 Å². The lowest BCUT2D eigenvalue weighted by Gasteiger charge is -2.34. The Kier molecular flexibility index (Phi) is 9.56. The van der Waals surface area contributed by atoms with Crippen molar-refractivity contribution in [2.24, 2.45) is 5.92 Å². The van der Waals surface area contributed by atoms with E-state index in [4.69, 9.17) is 14.2 Å². The molecule has 1 unspecified atom stereocenters. The summed E-state index contributed by atoms with van der Waals surface area (Å²) in [6.45, 7) is 1.26. The minimum Gasteiger partial charge on any atom is -0.497 e. The van der Waals surface area contributed by atoms with Crippen LogP contribution in [0.2, 0.25) is 0 Å². The molecule has 0 bridgehead atoms. The molecule has 0 amide bonds. The number of halogens is 3. The Morgan fingerprint density at radius 2 is 1.59 bits per heavy atom. The largest absolute Gasteiger partial charge is 0.497 e. The van der Waals surface area contributed by atoms with Crippen molar-refractivity contribution >= 4 is 11.9 Å². The number of aromatic nitrogens is 2. The summed E-state index contributed by atoms with van der Waals surface area (Å²) in [5, 5.41) is 9.40. The van der Waals surface area contributed by atoms with Gasteiger partial charge in [-0.3, -0.25) is 4.79 Å². The van der Waals surface area contributed by atoms with Crippen molar-refractivity contribution in [1.29, 1.82) is 0 Å². The van der Waals surface area contributed by atoms with Gasteiger partial charge in [0.05, 0.1) is 31.3 Å². The van der Waals surface area contributed by atoms with E-state index in [-0.39, 0.29) is 30.5 Å². The van der Waals surface area contributed by atoms with Gasteiger partial charge in [-0.1, -0.05) is 18.2 Å². The van der Waals surface area contributed by atoms with Gasteiger partial charge in [0.25, 0.3) is 0 Å². The first-order chi connectivity index (χ1) is 22.2. The number of aliphatic carboxylic acids is 1. The molecule has 2 aliphatic carbocycles. The molecule has 1 N–H and O–H groups in total. The summed E-state index contributed by atoms with van der Waals surface area (Å²) >= 11 is 0. The summed E-state index contributed by atoms with van der Waals surface area (Å²) in [5.74, 6) is 2.57. The normalized spacial score (nSPS) is 21.4. The highest BCUT2D eigenvalue weighted by Gasteiger charge is 2.35. The molecule has 246 valence electrons. The molecule has 1 aromatic heterocycles. The Labute approximate surface area is 266 Å². The quantitative estimate of drug-likeness (QED) is 0.229. The molecule has 11 heteroatoms. The first-order valence-electron chi connectivity index (χ1n) is 16.1. The molecule has 8 nitrogen and oxygen atoms in total. The number of nitrogens with zero attached hydrogens (tertiary/aromatic N) is 3. The molecule has 1 aliphatic heterocycles. The maximum Gasteiger partial charge on any atom is 0.419 e. The van der Waals surface area contributed by atoms with E-state index < -0.39 is 17.7 Å². The fourth-order valence-electron chi connectivity index (χ4n) is 6.80. The number of carboxylic acids is 1. The molecule has 2 aromatic carbocycles. The highest BCUT2D eigenvalue weighted by Crippen LogP contribution is 2.45. The number of methoxy groups -OCH3 is 1. The number of carboxylic acid groups (broad SMARTS) is 1. The molecule has 46 heavy (non-hydrogen) atoms. The minimum absolute atomic E-state index is 0.0347. The molecule has 1 atom stereocenters. The van der Waals surface area contributed by atoms with Gasteiger partial charge < -0.3 is 24.2 Å². The summed E-state index contributed by atoms with van der Waals surface area (Å²) < 4.78 is 57.3. The zero-order valence-electron chi connectivity index (χ0n) is 25.9. The van der Waals surface area contributed by atoms with Crippen LogP contribution in [-0.4, -0.2) is 53.5 Å². The van der Waals surface area contributed by atoms with Gasteiger partial charge in [0.15, 0.2) is 0 Å². The average Bonchev–Trinajstić information content (AvgIpc) is 3.90. The van der Waals surface area contributed by atoms with E-state index in [0.29, 0.717) is 25.0 Å². The number of hydrogen-bond donors (Lipinski definition) is 1. The van der Waals surface area contributed by atoms with E-state index in [1.807, 2.05) is 41.3 Å². The number of ether oxygens (including phenoxy) is 3. The van der Waals surface area contributed by atoms with Crippen LogP contribution >= 0.6 is 0 Å². The maximum absolute atomic E-state index is 12.9. The minimum atomic E-state index is -4.46. The Balaban J connectivity index is 1.04. The molecule has 0 spiro atoms. The SMILES string of the molecule is COc1ccc(C2CCN(c3ncc(C(F)(F)F)cn3)CC2)c(OC2CCC(Oc3cccc(C(CC(=O)O)C4CC4)c3)CC2)c1. The molecule has 1 saturated heterocycles. The Morgan fingerprint density at radius 1 is 0.913 bits per heavy atom. The van der Waals surface area contributed by atoms with E-state index in [1.54, 1.807) is 7.11 Å². The predicted octanol–water partition coefficient (Wildman–Crippen LogP) is 7.63. The molecular formula is C35H40F3N3O5. The molecule has 3 aromatic rings. The number of carbonyl (C=O) groups is 1. The van der Waals surface area contributed by atoms with Gasteiger partial charge in [0.2, 0.25) is 5.95 Å². The average molecular weight is 640 g/mol. The number of piperidine rings is 1. The number of alkyl halides is 3. The van der Waals surface area contributed by atoms with Gasteiger partial charge in [-0.2, -0.15) is 13.2 Å². The molecule has 2 saturated carbocycles. The van der Waals surface area contributed by atoms with Crippen LogP contribution in [0.25, 0.3) is 0 Å². The highest BCUT2D eigenvalue weighted by molar-refractivity contribution is 5.68. The fourth-order valence-corrected chi connectivity index (χ4v) is 6.80. The van der Waals surface area contributed by atoms with Crippen molar-refractivity contribution < 1.29 is 37.3 Å². The Morgan fingerprint density at radius 3 is 2.20 bits per heavy atom. The van der Waals surface area contributed by atoms with E-state index in [2.05, 4.69) is 16.0 Å². The van der Waals surface area contributed by atoms with Crippen molar-refractivity contribution in [2.75, 3.05) is 25.1 Å². The van der Waals surface area contributed by atoms with Crippen LogP contribution in [0.15, 0.2) is 54.9 Å². The standard InChI is InChI=1S/C35H40F3N3O5/c1-44-28-11-12-30(23-13-15-41(16-14-23)34-39-20-25(21-40-34)35(36,37)38)32(18-28)46-27-9-7-26(8-10-27)45-29-4-2-3-24(17-29)31(19-33(42)43)22-5-6-22/h2-4,11-12,17-18,20-23,26-27,31H,5-10,13-16,19H2,1H3,(H,42,43).